The second-order valence-electron chi connectivity index (χ2n) is 9.06. The number of rotatable bonds is 35. The third-order valence-electron chi connectivity index (χ3n) is 5.36. The average molecular weight is 789 g/mol. The summed E-state index contributed by atoms with van der Waals surface area (Å²) >= 11 is 0. The SMILES string of the molecule is C.CNCCCCC(COP(=O)([O-])OCCOCCOCCOP(=O)(O)OC)COP(=O)(O)OCCOCCOCCOP(=O)(O)OC. The molecule has 21 nitrogen and oxygen atoms in total. The Morgan fingerprint density at radius 1 is 0.562 bits per heavy atom. The van der Waals surface area contributed by atoms with Gasteiger partial charge in [0.1, 0.15) is 0 Å². The van der Waals surface area contributed by atoms with E-state index in [1.165, 1.54) is 0 Å². The van der Waals surface area contributed by atoms with E-state index in [4.69, 9.17) is 46.8 Å². The molecule has 0 fully saturated rings. The van der Waals surface area contributed by atoms with Gasteiger partial charge in [-0.25, -0.2) is 13.7 Å². The van der Waals surface area contributed by atoms with Crippen molar-refractivity contribution < 1.29 is 93.0 Å². The highest BCUT2D eigenvalue weighted by Gasteiger charge is 2.24. The van der Waals surface area contributed by atoms with Gasteiger partial charge in [-0.15, -0.1) is 0 Å². The highest BCUT2D eigenvalue weighted by molar-refractivity contribution is 7.48. The van der Waals surface area contributed by atoms with Crippen LogP contribution in [0, 0.1) is 5.92 Å². The van der Waals surface area contributed by atoms with Crippen molar-refractivity contribution in [3.63, 3.8) is 0 Å². The maximum Gasteiger partial charge on any atom is 0.472 e. The molecule has 0 saturated heterocycles. The lowest BCUT2D eigenvalue weighted by Crippen LogP contribution is -2.20. The maximum absolute atomic E-state index is 12.3. The van der Waals surface area contributed by atoms with E-state index in [1.807, 2.05) is 0 Å². The van der Waals surface area contributed by atoms with Crippen molar-refractivity contribution in [2.75, 3.05) is 120 Å². The minimum absolute atomic E-state index is 0. The van der Waals surface area contributed by atoms with Gasteiger partial charge < -0.3 is 52.9 Å². The Kier molecular flexibility index (Phi) is 31.2. The summed E-state index contributed by atoms with van der Waals surface area (Å²) in [5.41, 5.74) is 0. The van der Waals surface area contributed by atoms with Crippen molar-refractivity contribution >= 4 is 31.3 Å². The van der Waals surface area contributed by atoms with Crippen molar-refractivity contribution in [2.45, 2.75) is 26.7 Å². The Labute approximate surface area is 282 Å². The van der Waals surface area contributed by atoms with E-state index in [0.717, 1.165) is 20.6 Å². The van der Waals surface area contributed by atoms with Crippen LogP contribution < -0.4 is 10.2 Å². The first-order chi connectivity index (χ1) is 22.2. The van der Waals surface area contributed by atoms with Gasteiger partial charge >= 0.3 is 23.5 Å². The van der Waals surface area contributed by atoms with Gasteiger partial charge in [-0.2, -0.15) is 0 Å². The predicted molar refractivity (Wildman–Crippen MR) is 168 cm³/mol. The van der Waals surface area contributed by atoms with Gasteiger partial charge in [-0.3, -0.25) is 31.7 Å². The molecular weight excluding hydrogens is 734 g/mol. The smallest absolute Gasteiger partial charge is 0.472 e. The van der Waals surface area contributed by atoms with Gasteiger partial charge in [0.25, 0.3) is 7.82 Å². The topological polar surface area (TPSA) is 275 Å². The monoisotopic (exact) mass is 788 g/mol. The summed E-state index contributed by atoms with van der Waals surface area (Å²) in [4.78, 5) is 40.3. The van der Waals surface area contributed by atoms with Gasteiger partial charge in [-0.05, 0) is 26.4 Å². The third-order valence-corrected chi connectivity index (χ3v) is 9.25. The zero-order valence-electron chi connectivity index (χ0n) is 26.9. The number of hydrogen-bond donors (Lipinski definition) is 4. The number of unbranched alkanes of at least 4 members (excludes halogenated alkanes) is 1. The molecule has 0 saturated carbocycles. The van der Waals surface area contributed by atoms with Crippen LogP contribution in [0.4, 0.5) is 0 Å². The molecular formula is C23H54NO20P4-. The quantitative estimate of drug-likeness (QED) is 0.0527. The normalized spacial score (nSPS) is 17.5. The molecule has 48 heavy (non-hydrogen) atoms. The van der Waals surface area contributed by atoms with Crippen molar-refractivity contribution in [3.05, 3.63) is 0 Å². The van der Waals surface area contributed by atoms with Crippen LogP contribution in [0.2, 0.25) is 0 Å². The Morgan fingerprint density at radius 3 is 1.35 bits per heavy atom. The summed E-state index contributed by atoms with van der Waals surface area (Å²) in [5, 5.41) is 2.99. The molecule has 5 atom stereocenters. The fourth-order valence-electron chi connectivity index (χ4n) is 3.01. The van der Waals surface area contributed by atoms with Crippen LogP contribution in [0.5, 0.6) is 0 Å². The van der Waals surface area contributed by atoms with E-state index in [1.54, 1.807) is 7.05 Å². The van der Waals surface area contributed by atoms with Crippen LogP contribution in [0.15, 0.2) is 0 Å². The van der Waals surface area contributed by atoms with E-state index >= 15 is 0 Å². The summed E-state index contributed by atoms with van der Waals surface area (Å²) in [6.07, 6.45) is 1.84. The molecule has 0 aliphatic rings. The first-order valence-corrected chi connectivity index (χ1v) is 20.4. The van der Waals surface area contributed by atoms with Gasteiger partial charge in [0.05, 0.1) is 92.5 Å². The highest BCUT2D eigenvalue weighted by Crippen LogP contribution is 2.45. The average Bonchev–Trinajstić information content (AvgIpc) is 3.01. The number of hydrogen-bond acceptors (Lipinski definition) is 18. The third kappa shape index (κ3) is 32.2. The van der Waals surface area contributed by atoms with Crippen molar-refractivity contribution in [1.82, 2.24) is 5.32 Å². The lowest BCUT2D eigenvalue weighted by atomic mass is 10.0. The molecule has 292 valence electrons. The number of phosphoric acid groups is 4. The minimum Gasteiger partial charge on any atom is -0.756 e. The molecule has 0 amide bonds. The van der Waals surface area contributed by atoms with Crippen LogP contribution >= 0.6 is 31.3 Å². The summed E-state index contributed by atoms with van der Waals surface area (Å²) in [7, 11) is -13.5. The van der Waals surface area contributed by atoms with Crippen molar-refractivity contribution in [3.8, 4) is 0 Å². The standard InChI is InChI=1S/C22H51NO20P4.CH4/c1-23-7-5-4-6-22(20-42-46(28,29)40-18-14-36-10-8-34-12-16-38-44(24,25)32-2)21-43-47(30,31)41-19-15-37-11-9-35-13-17-39-45(26,27)33-3;/h22-23H,4-21H2,1-3H3,(H,24,25)(H,26,27)(H,28,29)(H,30,31);1H4/p-1. The number of phosphoric ester groups is 4. The predicted octanol–water partition coefficient (Wildman–Crippen LogP) is 1.86. The Hall–Kier alpha value is 0.240. The molecule has 0 spiro atoms. The molecule has 0 aromatic carbocycles. The molecule has 0 radical (unpaired) electrons. The molecule has 0 rings (SSSR count). The zero-order valence-corrected chi connectivity index (χ0v) is 30.5. The number of ether oxygens (including phenoxy) is 4. The molecule has 0 bridgehead atoms. The van der Waals surface area contributed by atoms with Gasteiger partial charge in [0.2, 0.25) is 0 Å². The molecule has 0 aromatic heterocycles. The van der Waals surface area contributed by atoms with E-state index in [-0.39, 0.29) is 99.9 Å². The lowest BCUT2D eigenvalue weighted by Gasteiger charge is -2.26. The molecule has 5 unspecified atom stereocenters. The molecule has 0 aliphatic heterocycles. The Balaban J connectivity index is 0. The Bertz CT molecular complexity index is 897. The van der Waals surface area contributed by atoms with Crippen LogP contribution in [0.25, 0.3) is 0 Å². The summed E-state index contributed by atoms with van der Waals surface area (Å²) in [6, 6.07) is 0. The summed E-state index contributed by atoms with van der Waals surface area (Å²) < 4.78 is 105. The fourth-order valence-corrected chi connectivity index (χ4v) is 5.38. The molecule has 4 N–H and O–H groups in total. The lowest BCUT2D eigenvalue weighted by molar-refractivity contribution is -0.227. The van der Waals surface area contributed by atoms with E-state index < -0.39 is 37.2 Å². The minimum atomic E-state index is -4.73. The first kappa shape index (κ1) is 50.3. The zero-order chi connectivity index (χ0) is 35.5. The first-order valence-electron chi connectivity index (χ1n) is 14.4. The van der Waals surface area contributed by atoms with Crippen LogP contribution in [0.1, 0.15) is 26.7 Å². The van der Waals surface area contributed by atoms with Gasteiger partial charge in [0, 0.05) is 20.1 Å². The van der Waals surface area contributed by atoms with Crippen molar-refractivity contribution in [1.29, 1.82) is 0 Å². The summed E-state index contributed by atoms with van der Waals surface area (Å²) in [6.45, 7) is -0.649. The molecule has 0 aliphatic carbocycles. The van der Waals surface area contributed by atoms with E-state index in [2.05, 4.69) is 23.4 Å². The Morgan fingerprint density at radius 2 is 0.938 bits per heavy atom. The second kappa shape index (κ2) is 29.8. The van der Waals surface area contributed by atoms with Crippen LogP contribution in [-0.4, -0.2) is 135 Å². The molecule has 25 heteroatoms. The number of nitrogens with one attached hydrogen (secondary N) is 1. The second-order valence-corrected chi connectivity index (χ2v) is 15.0. The van der Waals surface area contributed by atoms with Crippen LogP contribution in [0.3, 0.4) is 0 Å². The van der Waals surface area contributed by atoms with Gasteiger partial charge in [-0.1, -0.05) is 13.8 Å². The largest absolute Gasteiger partial charge is 0.756 e. The van der Waals surface area contributed by atoms with E-state index in [9.17, 15) is 28.0 Å². The fraction of sp³-hybridized carbons (Fsp3) is 1.00. The maximum atomic E-state index is 12.3. The summed E-state index contributed by atoms with van der Waals surface area (Å²) in [5.74, 6) is -0.580. The van der Waals surface area contributed by atoms with Gasteiger partial charge in [0.15, 0.2) is 0 Å². The molecule has 0 heterocycles. The van der Waals surface area contributed by atoms with Crippen molar-refractivity contribution in [2.24, 2.45) is 5.92 Å². The van der Waals surface area contributed by atoms with E-state index in [0.29, 0.717) is 19.4 Å². The molecule has 0 aromatic rings. The highest BCUT2D eigenvalue weighted by atomic mass is 31.2. The van der Waals surface area contributed by atoms with Crippen LogP contribution in [-0.2, 0) is 73.4 Å².